The first-order valence-corrected chi connectivity index (χ1v) is 7.14. The number of benzene rings is 1. The molecule has 1 aliphatic heterocycles. The molecule has 0 bridgehead atoms. The molecule has 1 N–H and O–H groups in total. The molecular formula is C14H15ClN4O2. The molecule has 2 heterocycles. The van der Waals surface area contributed by atoms with E-state index in [1.54, 1.807) is 4.68 Å². The molecule has 6 nitrogen and oxygen atoms in total. The minimum Gasteiger partial charge on any atom is -0.365 e. The second kappa shape index (κ2) is 5.83. The van der Waals surface area contributed by atoms with Crippen LogP contribution in [0.3, 0.4) is 0 Å². The van der Waals surface area contributed by atoms with Crippen LogP contribution in [-0.2, 0) is 17.9 Å². The van der Waals surface area contributed by atoms with E-state index in [2.05, 4.69) is 15.6 Å². The number of hydrogen-bond donors (Lipinski definition) is 1. The second-order valence-electron chi connectivity index (χ2n) is 4.78. The Labute approximate surface area is 127 Å². The number of carbonyl (C=O) groups excluding carboxylic acids is 1. The molecule has 0 fully saturated rings. The Morgan fingerprint density at radius 3 is 2.95 bits per heavy atom. The number of nitrogens with zero attached hydrogens (tertiary/aromatic N) is 3. The fraction of sp³-hybridized carbons (Fsp3) is 0.357. The van der Waals surface area contributed by atoms with E-state index in [0.717, 1.165) is 5.56 Å². The highest BCUT2D eigenvalue weighted by molar-refractivity contribution is 6.30. The van der Waals surface area contributed by atoms with E-state index in [4.69, 9.17) is 16.3 Å². The van der Waals surface area contributed by atoms with Crippen LogP contribution >= 0.6 is 11.6 Å². The standard InChI is InChI=1S/C14H15ClN4O2/c1-2-16-14(20)13-11-8-21-12(7-19(11)18-17-13)9-3-5-10(15)6-4-9/h3-6,12H,2,7-8H2,1H3,(H,16,20). The highest BCUT2D eigenvalue weighted by Crippen LogP contribution is 2.27. The predicted octanol–water partition coefficient (Wildman–Crippen LogP) is 1.95. The minimum atomic E-state index is -0.215. The van der Waals surface area contributed by atoms with Crippen LogP contribution in [0.15, 0.2) is 24.3 Å². The van der Waals surface area contributed by atoms with Crippen molar-refractivity contribution in [2.24, 2.45) is 0 Å². The van der Waals surface area contributed by atoms with Gasteiger partial charge in [-0.3, -0.25) is 4.79 Å². The predicted molar refractivity (Wildman–Crippen MR) is 77.0 cm³/mol. The molecule has 1 unspecified atom stereocenters. The molecule has 1 atom stereocenters. The van der Waals surface area contributed by atoms with Crippen molar-refractivity contribution in [3.8, 4) is 0 Å². The van der Waals surface area contributed by atoms with E-state index < -0.39 is 0 Å². The van der Waals surface area contributed by atoms with Gasteiger partial charge >= 0.3 is 0 Å². The zero-order valence-corrected chi connectivity index (χ0v) is 12.3. The molecule has 0 saturated carbocycles. The summed E-state index contributed by atoms with van der Waals surface area (Å²) in [6.45, 7) is 3.26. The largest absolute Gasteiger partial charge is 0.365 e. The summed E-state index contributed by atoms with van der Waals surface area (Å²) in [4.78, 5) is 11.9. The normalized spacial score (nSPS) is 17.3. The Morgan fingerprint density at radius 1 is 1.48 bits per heavy atom. The molecule has 1 aromatic carbocycles. The minimum absolute atomic E-state index is 0.112. The van der Waals surface area contributed by atoms with Gasteiger partial charge < -0.3 is 10.1 Å². The summed E-state index contributed by atoms with van der Waals surface area (Å²) in [6, 6.07) is 7.52. The quantitative estimate of drug-likeness (QED) is 0.941. The van der Waals surface area contributed by atoms with Gasteiger partial charge in [0.15, 0.2) is 5.69 Å². The van der Waals surface area contributed by atoms with E-state index in [9.17, 15) is 4.79 Å². The second-order valence-corrected chi connectivity index (χ2v) is 5.21. The first kappa shape index (κ1) is 14.0. The molecule has 7 heteroatoms. The summed E-state index contributed by atoms with van der Waals surface area (Å²) in [5.74, 6) is -0.215. The van der Waals surface area contributed by atoms with Crippen molar-refractivity contribution in [1.82, 2.24) is 20.3 Å². The van der Waals surface area contributed by atoms with E-state index in [1.807, 2.05) is 31.2 Å². The van der Waals surface area contributed by atoms with E-state index in [0.29, 0.717) is 36.1 Å². The SMILES string of the molecule is CCNC(=O)c1nnn2c1COC(c1ccc(Cl)cc1)C2. The highest BCUT2D eigenvalue weighted by atomic mass is 35.5. The van der Waals surface area contributed by atoms with Gasteiger partial charge in [-0.25, -0.2) is 4.68 Å². The molecule has 110 valence electrons. The first-order valence-electron chi connectivity index (χ1n) is 6.76. The van der Waals surface area contributed by atoms with Gasteiger partial charge in [0.05, 0.1) is 18.8 Å². The lowest BCUT2D eigenvalue weighted by molar-refractivity contribution is -0.00176. The van der Waals surface area contributed by atoms with Gasteiger partial charge in [-0.1, -0.05) is 28.9 Å². The van der Waals surface area contributed by atoms with Crippen molar-refractivity contribution in [3.05, 3.63) is 46.2 Å². The third kappa shape index (κ3) is 2.77. The zero-order chi connectivity index (χ0) is 14.8. The lowest BCUT2D eigenvalue weighted by Crippen LogP contribution is -2.27. The molecule has 2 aromatic rings. The molecule has 1 aliphatic rings. The number of aromatic nitrogens is 3. The smallest absolute Gasteiger partial charge is 0.273 e. The number of rotatable bonds is 3. The van der Waals surface area contributed by atoms with Crippen LogP contribution in [0.2, 0.25) is 5.02 Å². The number of nitrogens with one attached hydrogen (secondary N) is 1. The molecule has 0 spiro atoms. The topological polar surface area (TPSA) is 69.0 Å². The summed E-state index contributed by atoms with van der Waals surface area (Å²) >= 11 is 5.89. The maximum Gasteiger partial charge on any atom is 0.273 e. The van der Waals surface area contributed by atoms with Crippen LogP contribution in [-0.4, -0.2) is 27.4 Å². The van der Waals surface area contributed by atoms with Crippen LogP contribution in [0, 0.1) is 0 Å². The molecule has 0 aliphatic carbocycles. The van der Waals surface area contributed by atoms with Crippen LogP contribution in [0.5, 0.6) is 0 Å². The van der Waals surface area contributed by atoms with Gasteiger partial charge in [-0.2, -0.15) is 0 Å². The van der Waals surface area contributed by atoms with Gasteiger partial charge in [0.1, 0.15) is 6.10 Å². The van der Waals surface area contributed by atoms with Crippen LogP contribution < -0.4 is 5.32 Å². The number of amides is 1. The fourth-order valence-corrected chi connectivity index (χ4v) is 2.44. The van der Waals surface area contributed by atoms with Crippen molar-refractivity contribution in [3.63, 3.8) is 0 Å². The van der Waals surface area contributed by atoms with Crippen LogP contribution in [0.25, 0.3) is 0 Å². The van der Waals surface area contributed by atoms with E-state index in [-0.39, 0.29) is 12.0 Å². The van der Waals surface area contributed by atoms with E-state index >= 15 is 0 Å². The zero-order valence-electron chi connectivity index (χ0n) is 11.5. The van der Waals surface area contributed by atoms with Gasteiger partial charge in [0.2, 0.25) is 0 Å². The Morgan fingerprint density at radius 2 is 2.24 bits per heavy atom. The molecule has 1 aromatic heterocycles. The average Bonchev–Trinajstić information content (AvgIpc) is 2.91. The van der Waals surface area contributed by atoms with Crippen molar-refractivity contribution in [2.45, 2.75) is 26.2 Å². The molecule has 0 saturated heterocycles. The molecular weight excluding hydrogens is 292 g/mol. The number of halogens is 1. The van der Waals surface area contributed by atoms with Crippen molar-refractivity contribution < 1.29 is 9.53 Å². The van der Waals surface area contributed by atoms with Gasteiger partial charge in [0.25, 0.3) is 5.91 Å². The van der Waals surface area contributed by atoms with Gasteiger partial charge in [-0.15, -0.1) is 5.10 Å². The first-order chi connectivity index (χ1) is 10.2. The molecule has 21 heavy (non-hydrogen) atoms. The Hall–Kier alpha value is -1.92. The third-order valence-electron chi connectivity index (χ3n) is 3.39. The fourth-order valence-electron chi connectivity index (χ4n) is 2.31. The number of fused-ring (bicyclic) bond motifs is 1. The number of hydrogen-bond acceptors (Lipinski definition) is 4. The van der Waals surface area contributed by atoms with Crippen molar-refractivity contribution in [1.29, 1.82) is 0 Å². The summed E-state index contributed by atoms with van der Waals surface area (Å²) < 4.78 is 7.56. The maximum absolute atomic E-state index is 11.9. The average molecular weight is 307 g/mol. The molecule has 1 amide bonds. The molecule has 0 radical (unpaired) electrons. The van der Waals surface area contributed by atoms with Crippen molar-refractivity contribution in [2.75, 3.05) is 6.54 Å². The lowest BCUT2D eigenvalue weighted by atomic mass is 10.1. The summed E-state index contributed by atoms with van der Waals surface area (Å²) in [5, 5.41) is 11.4. The monoisotopic (exact) mass is 306 g/mol. The third-order valence-corrected chi connectivity index (χ3v) is 3.64. The Bertz CT molecular complexity index is 653. The summed E-state index contributed by atoms with van der Waals surface area (Å²) in [5.41, 5.74) is 2.08. The van der Waals surface area contributed by atoms with Crippen LogP contribution in [0.4, 0.5) is 0 Å². The van der Waals surface area contributed by atoms with Gasteiger partial charge in [-0.05, 0) is 24.6 Å². The number of ether oxygens (including phenoxy) is 1. The summed E-state index contributed by atoms with van der Waals surface area (Å²) in [7, 11) is 0. The lowest BCUT2D eigenvalue weighted by Gasteiger charge is -2.24. The van der Waals surface area contributed by atoms with Gasteiger partial charge in [0, 0.05) is 11.6 Å². The maximum atomic E-state index is 11.9. The highest BCUT2D eigenvalue weighted by Gasteiger charge is 2.27. The Kier molecular flexibility index (Phi) is 3.90. The van der Waals surface area contributed by atoms with E-state index in [1.165, 1.54) is 0 Å². The number of carbonyl (C=O) groups is 1. The molecule has 3 rings (SSSR count). The summed E-state index contributed by atoms with van der Waals surface area (Å²) in [6.07, 6.45) is -0.112. The van der Waals surface area contributed by atoms with Crippen LogP contribution in [0.1, 0.15) is 34.8 Å². The van der Waals surface area contributed by atoms with Crippen molar-refractivity contribution >= 4 is 17.5 Å². The Balaban J connectivity index is 1.80.